The molecule has 1 heterocycles. The van der Waals surface area contributed by atoms with E-state index in [9.17, 15) is 9.59 Å². The molecule has 2 aromatic carbocycles. The fraction of sp³-hybridized carbons (Fsp3) is 0.200. The Labute approximate surface area is 156 Å². The molecule has 0 spiro atoms. The Bertz CT molecular complexity index is 965. The first kappa shape index (κ1) is 17.9. The summed E-state index contributed by atoms with van der Waals surface area (Å²) in [6.07, 6.45) is -0.748. The van der Waals surface area contributed by atoms with Crippen LogP contribution >= 0.6 is 11.3 Å². The standard InChI is InChI=1S/C20H20N2O3S/c1-12-10-18(14(3)26-12)20(24)22-21-19(23)13(2)25-17-9-8-15-6-4-5-7-16(15)11-17/h4-11,13H,1-3H3,(H,21,23)(H,22,24). The van der Waals surface area contributed by atoms with Crippen molar-refractivity contribution in [2.24, 2.45) is 0 Å². The molecule has 3 rings (SSSR count). The summed E-state index contributed by atoms with van der Waals surface area (Å²) in [6, 6.07) is 15.4. The Morgan fingerprint density at radius 2 is 1.73 bits per heavy atom. The number of thiophene rings is 1. The highest BCUT2D eigenvalue weighted by molar-refractivity contribution is 7.12. The lowest BCUT2D eigenvalue weighted by atomic mass is 10.1. The maximum atomic E-state index is 12.2. The van der Waals surface area contributed by atoms with Crippen LogP contribution in [-0.2, 0) is 4.79 Å². The zero-order valence-electron chi connectivity index (χ0n) is 14.8. The highest BCUT2D eigenvalue weighted by atomic mass is 32.1. The molecule has 134 valence electrons. The number of carbonyl (C=O) groups excluding carboxylic acids is 2. The molecule has 26 heavy (non-hydrogen) atoms. The van der Waals surface area contributed by atoms with Crippen molar-refractivity contribution < 1.29 is 14.3 Å². The van der Waals surface area contributed by atoms with Crippen molar-refractivity contribution in [2.75, 3.05) is 0 Å². The Kier molecular flexibility index (Phi) is 5.23. The molecule has 2 amide bonds. The second kappa shape index (κ2) is 7.58. The second-order valence-corrected chi connectivity index (χ2v) is 7.50. The van der Waals surface area contributed by atoms with Gasteiger partial charge in [0.05, 0.1) is 5.56 Å². The van der Waals surface area contributed by atoms with Crippen LogP contribution in [0.4, 0.5) is 0 Å². The summed E-state index contributed by atoms with van der Waals surface area (Å²) in [4.78, 5) is 26.3. The van der Waals surface area contributed by atoms with Crippen LogP contribution < -0.4 is 15.6 Å². The maximum absolute atomic E-state index is 12.2. The van der Waals surface area contributed by atoms with Crippen LogP contribution in [0.1, 0.15) is 27.0 Å². The number of ether oxygens (including phenoxy) is 1. The molecular weight excluding hydrogens is 348 g/mol. The average Bonchev–Trinajstić information content (AvgIpc) is 2.97. The van der Waals surface area contributed by atoms with Gasteiger partial charge in [-0.15, -0.1) is 11.3 Å². The van der Waals surface area contributed by atoms with Crippen LogP contribution in [-0.4, -0.2) is 17.9 Å². The van der Waals surface area contributed by atoms with E-state index < -0.39 is 12.0 Å². The molecule has 2 N–H and O–H groups in total. The Morgan fingerprint density at radius 1 is 1.00 bits per heavy atom. The number of hydrogen-bond acceptors (Lipinski definition) is 4. The number of amides is 2. The maximum Gasteiger partial charge on any atom is 0.279 e. The molecule has 5 nitrogen and oxygen atoms in total. The van der Waals surface area contributed by atoms with Crippen molar-refractivity contribution >= 4 is 33.9 Å². The van der Waals surface area contributed by atoms with Crippen molar-refractivity contribution in [3.8, 4) is 5.75 Å². The van der Waals surface area contributed by atoms with Crippen LogP contribution in [0.5, 0.6) is 5.75 Å². The minimum atomic E-state index is -0.748. The van der Waals surface area contributed by atoms with Crippen molar-refractivity contribution in [1.82, 2.24) is 10.9 Å². The Morgan fingerprint density at radius 3 is 2.42 bits per heavy atom. The average molecular weight is 368 g/mol. The third-order valence-corrected chi connectivity index (χ3v) is 4.95. The number of nitrogens with one attached hydrogen (secondary N) is 2. The molecule has 0 saturated carbocycles. The number of hydrazine groups is 1. The van der Waals surface area contributed by atoms with Crippen LogP contribution in [0.3, 0.4) is 0 Å². The molecule has 0 fully saturated rings. The van der Waals surface area contributed by atoms with Gasteiger partial charge in [-0.05, 0) is 49.7 Å². The SMILES string of the molecule is Cc1cc(C(=O)NNC(=O)C(C)Oc2ccc3ccccc3c2)c(C)s1. The number of aryl methyl sites for hydroxylation is 2. The van der Waals surface area contributed by atoms with Gasteiger partial charge in [-0.1, -0.05) is 30.3 Å². The van der Waals surface area contributed by atoms with Gasteiger partial charge in [-0.25, -0.2) is 0 Å². The molecule has 6 heteroatoms. The lowest BCUT2D eigenvalue weighted by Gasteiger charge is -2.15. The first-order chi connectivity index (χ1) is 12.4. The zero-order valence-corrected chi connectivity index (χ0v) is 15.6. The predicted molar refractivity (Wildman–Crippen MR) is 103 cm³/mol. The van der Waals surface area contributed by atoms with E-state index in [1.807, 2.05) is 56.3 Å². The van der Waals surface area contributed by atoms with E-state index in [2.05, 4.69) is 10.9 Å². The Hall–Kier alpha value is -2.86. The van der Waals surface area contributed by atoms with Gasteiger partial charge in [0.2, 0.25) is 0 Å². The lowest BCUT2D eigenvalue weighted by molar-refractivity contribution is -0.128. The Balaban J connectivity index is 1.58. The van der Waals surface area contributed by atoms with Gasteiger partial charge in [-0.2, -0.15) is 0 Å². The summed E-state index contributed by atoms with van der Waals surface area (Å²) >= 11 is 1.54. The number of fused-ring (bicyclic) bond motifs is 1. The van der Waals surface area contributed by atoms with Crippen molar-refractivity contribution in [1.29, 1.82) is 0 Å². The largest absolute Gasteiger partial charge is 0.481 e. The molecule has 0 aliphatic carbocycles. The fourth-order valence-corrected chi connectivity index (χ4v) is 3.56. The first-order valence-electron chi connectivity index (χ1n) is 8.27. The van der Waals surface area contributed by atoms with Gasteiger partial charge in [0.15, 0.2) is 6.10 Å². The van der Waals surface area contributed by atoms with Crippen LogP contribution in [0.25, 0.3) is 10.8 Å². The third-order valence-electron chi connectivity index (χ3n) is 3.99. The number of carbonyl (C=O) groups is 2. The van der Waals surface area contributed by atoms with E-state index in [1.165, 1.54) is 0 Å². The summed E-state index contributed by atoms with van der Waals surface area (Å²) in [5, 5.41) is 2.14. The number of rotatable bonds is 4. The molecule has 1 unspecified atom stereocenters. The van der Waals surface area contributed by atoms with Crippen molar-refractivity contribution in [3.63, 3.8) is 0 Å². The predicted octanol–water partition coefficient (Wildman–Crippen LogP) is 3.75. The molecule has 1 atom stereocenters. The van der Waals surface area contributed by atoms with Crippen LogP contribution in [0, 0.1) is 13.8 Å². The molecule has 0 aliphatic heterocycles. The molecule has 0 bridgehead atoms. The summed E-state index contributed by atoms with van der Waals surface area (Å²) in [5.41, 5.74) is 5.42. The highest BCUT2D eigenvalue weighted by Gasteiger charge is 2.17. The summed E-state index contributed by atoms with van der Waals surface area (Å²) < 4.78 is 5.69. The minimum absolute atomic E-state index is 0.335. The van der Waals surface area contributed by atoms with Gasteiger partial charge in [-0.3, -0.25) is 20.4 Å². The van der Waals surface area contributed by atoms with Crippen LogP contribution in [0.2, 0.25) is 0 Å². The van der Waals surface area contributed by atoms with E-state index in [-0.39, 0.29) is 5.91 Å². The normalized spacial score (nSPS) is 11.8. The minimum Gasteiger partial charge on any atom is -0.481 e. The highest BCUT2D eigenvalue weighted by Crippen LogP contribution is 2.22. The van der Waals surface area contributed by atoms with Gasteiger partial charge < -0.3 is 4.74 Å². The molecule has 0 saturated heterocycles. The first-order valence-corrected chi connectivity index (χ1v) is 9.08. The number of hydrogen-bond donors (Lipinski definition) is 2. The summed E-state index contributed by atoms with van der Waals surface area (Å²) in [6.45, 7) is 5.45. The van der Waals surface area contributed by atoms with Crippen molar-refractivity contribution in [2.45, 2.75) is 26.9 Å². The zero-order chi connectivity index (χ0) is 18.7. The van der Waals surface area contributed by atoms with E-state index >= 15 is 0 Å². The van der Waals surface area contributed by atoms with Crippen molar-refractivity contribution in [3.05, 3.63) is 63.8 Å². The van der Waals surface area contributed by atoms with E-state index in [1.54, 1.807) is 24.3 Å². The van der Waals surface area contributed by atoms with E-state index in [4.69, 9.17) is 4.74 Å². The van der Waals surface area contributed by atoms with Crippen LogP contribution in [0.15, 0.2) is 48.5 Å². The van der Waals surface area contributed by atoms with Gasteiger partial charge in [0, 0.05) is 9.75 Å². The summed E-state index contributed by atoms with van der Waals surface area (Å²) in [7, 11) is 0. The van der Waals surface area contributed by atoms with Gasteiger partial charge in [0.1, 0.15) is 5.75 Å². The molecule has 0 radical (unpaired) electrons. The van der Waals surface area contributed by atoms with E-state index in [0.717, 1.165) is 20.5 Å². The molecular formula is C20H20N2O3S. The monoisotopic (exact) mass is 368 g/mol. The number of benzene rings is 2. The summed E-state index contributed by atoms with van der Waals surface area (Å²) in [5.74, 6) is -0.156. The quantitative estimate of drug-likeness (QED) is 0.689. The second-order valence-electron chi connectivity index (χ2n) is 6.04. The third kappa shape index (κ3) is 4.03. The molecule has 3 aromatic rings. The topological polar surface area (TPSA) is 67.4 Å². The van der Waals surface area contributed by atoms with Gasteiger partial charge in [0.25, 0.3) is 11.8 Å². The van der Waals surface area contributed by atoms with E-state index in [0.29, 0.717) is 11.3 Å². The lowest BCUT2D eigenvalue weighted by Crippen LogP contribution is -2.47. The smallest absolute Gasteiger partial charge is 0.279 e. The fourth-order valence-electron chi connectivity index (χ4n) is 2.64. The molecule has 1 aromatic heterocycles. The molecule has 0 aliphatic rings. The van der Waals surface area contributed by atoms with Gasteiger partial charge >= 0.3 is 0 Å².